The van der Waals surface area contributed by atoms with Gasteiger partial charge < -0.3 is 14.8 Å². The summed E-state index contributed by atoms with van der Waals surface area (Å²) in [5.74, 6) is -3.03. The van der Waals surface area contributed by atoms with Gasteiger partial charge in [0.1, 0.15) is 5.70 Å². The third-order valence-electron chi connectivity index (χ3n) is 3.99. The lowest BCUT2D eigenvalue weighted by Crippen LogP contribution is -2.51. The van der Waals surface area contributed by atoms with Gasteiger partial charge in [-0.25, -0.2) is 9.59 Å². The first-order valence-electron chi connectivity index (χ1n) is 8.72. The molecule has 0 saturated carbocycles. The summed E-state index contributed by atoms with van der Waals surface area (Å²) in [5.41, 5.74) is -5.39. The van der Waals surface area contributed by atoms with Crippen molar-refractivity contribution in [1.82, 2.24) is 5.32 Å². The molecule has 1 atom stereocenters. The zero-order valence-corrected chi connectivity index (χ0v) is 15.8. The Morgan fingerprint density at radius 1 is 0.933 bits per heavy atom. The van der Waals surface area contributed by atoms with Crippen LogP contribution in [-0.4, -0.2) is 43.5 Å². The van der Waals surface area contributed by atoms with Crippen LogP contribution in [0.2, 0.25) is 0 Å². The molecule has 0 amide bonds. The van der Waals surface area contributed by atoms with Crippen molar-refractivity contribution in [3.05, 3.63) is 52.7 Å². The Morgan fingerprint density at radius 2 is 1.47 bits per heavy atom. The average molecular weight is 437 g/mol. The van der Waals surface area contributed by atoms with Gasteiger partial charge >= 0.3 is 24.3 Å². The number of halogens is 6. The Morgan fingerprint density at radius 3 is 1.93 bits per heavy atom. The molecule has 1 aliphatic heterocycles. The summed E-state index contributed by atoms with van der Waals surface area (Å²) in [6, 6.07) is 3.45. The third kappa shape index (κ3) is 4.77. The first-order valence-corrected chi connectivity index (χ1v) is 8.72. The van der Waals surface area contributed by atoms with Crippen LogP contribution in [0.5, 0.6) is 0 Å². The molecule has 0 aliphatic carbocycles. The molecule has 11 heteroatoms. The Balaban J connectivity index is 2.99. The van der Waals surface area contributed by atoms with Crippen LogP contribution >= 0.6 is 0 Å². The van der Waals surface area contributed by atoms with E-state index in [1.165, 1.54) is 49.5 Å². The number of allylic oxidation sites excluding steroid dienone is 1. The Hall–Kier alpha value is -2.98. The summed E-state index contributed by atoms with van der Waals surface area (Å²) < 4.78 is 91.5. The van der Waals surface area contributed by atoms with Gasteiger partial charge in [0.05, 0.1) is 24.4 Å². The van der Waals surface area contributed by atoms with Crippen LogP contribution in [0.15, 0.2) is 47.2 Å². The van der Waals surface area contributed by atoms with E-state index < -0.39 is 52.7 Å². The van der Waals surface area contributed by atoms with Gasteiger partial charge in [0.15, 0.2) is 6.04 Å². The van der Waals surface area contributed by atoms with Crippen LogP contribution < -0.4 is 5.32 Å². The van der Waals surface area contributed by atoms with E-state index in [1.807, 2.05) is 0 Å². The molecule has 0 saturated heterocycles. The fourth-order valence-electron chi connectivity index (χ4n) is 2.90. The zero-order valence-electron chi connectivity index (χ0n) is 15.8. The summed E-state index contributed by atoms with van der Waals surface area (Å²) in [4.78, 5) is 24.9. The minimum Gasteiger partial charge on any atom is -0.463 e. The Bertz CT molecular complexity index is 871. The maximum atomic E-state index is 13.7. The highest BCUT2D eigenvalue weighted by atomic mass is 19.4. The standard InChI is InChI=1S/C19H17F6NO4/c1-3-29-16(27)12-11(10-8-6-5-7-9-10)13(17(28)30-4-2)15(19(23,24)25)26-14(12)18(20,21)22/h5-9,14,26H,3-4H2,1-2H3. The predicted molar refractivity (Wildman–Crippen MR) is 92.7 cm³/mol. The van der Waals surface area contributed by atoms with Crippen molar-refractivity contribution in [3.8, 4) is 0 Å². The van der Waals surface area contributed by atoms with Crippen LogP contribution in [0.4, 0.5) is 26.3 Å². The molecular weight excluding hydrogens is 420 g/mol. The Kier molecular flexibility index (Phi) is 6.84. The van der Waals surface area contributed by atoms with Gasteiger partial charge in [0, 0.05) is 5.57 Å². The zero-order chi connectivity index (χ0) is 22.7. The molecule has 1 aromatic carbocycles. The number of dihydropyridines is 1. The van der Waals surface area contributed by atoms with Crippen LogP contribution in [0.25, 0.3) is 5.57 Å². The average Bonchev–Trinajstić information content (AvgIpc) is 2.65. The Labute approximate surface area is 167 Å². The molecule has 1 N–H and O–H groups in total. The number of hydrogen-bond donors (Lipinski definition) is 1. The minimum absolute atomic E-state index is 0.207. The predicted octanol–water partition coefficient (Wildman–Crippen LogP) is 3.92. The molecule has 0 bridgehead atoms. The molecule has 5 nitrogen and oxygen atoms in total. The first kappa shape index (κ1) is 23.3. The van der Waals surface area contributed by atoms with Crippen molar-refractivity contribution in [3.63, 3.8) is 0 Å². The lowest BCUT2D eigenvalue weighted by atomic mass is 9.84. The van der Waals surface area contributed by atoms with E-state index >= 15 is 0 Å². The molecule has 1 aliphatic rings. The number of nitrogens with one attached hydrogen (secondary N) is 1. The molecule has 1 heterocycles. The topological polar surface area (TPSA) is 64.6 Å². The minimum atomic E-state index is -5.37. The van der Waals surface area contributed by atoms with Crippen molar-refractivity contribution < 1.29 is 45.4 Å². The lowest BCUT2D eigenvalue weighted by molar-refractivity contribution is -0.162. The van der Waals surface area contributed by atoms with E-state index in [4.69, 9.17) is 0 Å². The van der Waals surface area contributed by atoms with Crippen LogP contribution in [0, 0.1) is 0 Å². The second-order valence-corrected chi connectivity index (χ2v) is 5.96. The molecule has 30 heavy (non-hydrogen) atoms. The van der Waals surface area contributed by atoms with Crippen LogP contribution in [0.1, 0.15) is 19.4 Å². The fourth-order valence-corrected chi connectivity index (χ4v) is 2.90. The van der Waals surface area contributed by atoms with Gasteiger partial charge in [0.2, 0.25) is 0 Å². The number of hydrogen-bond acceptors (Lipinski definition) is 5. The number of rotatable bonds is 5. The van der Waals surface area contributed by atoms with Gasteiger partial charge in [-0.2, -0.15) is 26.3 Å². The number of benzene rings is 1. The second-order valence-electron chi connectivity index (χ2n) is 5.96. The first-order chi connectivity index (χ1) is 13.9. The smallest absolute Gasteiger partial charge is 0.431 e. The number of carbonyl (C=O) groups excluding carboxylic acids is 2. The number of carbonyl (C=O) groups is 2. The number of esters is 2. The highest BCUT2D eigenvalue weighted by molar-refractivity contribution is 6.15. The van der Waals surface area contributed by atoms with E-state index in [0.29, 0.717) is 0 Å². The van der Waals surface area contributed by atoms with E-state index in [2.05, 4.69) is 9.47 Å². The molecule has 0 radical (unpaired) electrons. The third-order valence-corrected chi connectivity index (χ3v) is 3.99. The van der Waals surface area contributed by atoms with Crippen LogP contribution in [0.3, 0.4) is 0 Å². The molecule has 1 aromatic rings. The van der Waals surface area contributed by atoms with E-state index in [1.54, 1.807) is 0 Å². The second kappa shape index (κ2) is 8.80. The maximum absolute atomic E-state index is 13.7. The summed E-state index contributed by atoms with van der Waals surface area (Å²) in [5, 5.41) is 1.28. The van der Waals surface area contributed by atoms with Gasteiger partial charge in [0.25, 0.3) is 0 Å². The number of ether oxygens (including phenoxy) is 2. The maximum Gasteiger partial charge on any atom is 0.431 e. The summed E-state index contributed by atoms with van der Waals surface area (Å²) in [6.07, 6.45) is -10.7. The molecular formula is C19H17F6NO4. The van der Waals surface area contributed by atoms with Crippen molar-refractivity contribution in [2.75, 3.05) is 13.2 Å². The molecule has 0 spiro atoms. The highest BCUT2D eigenvalue weighted by Crippen LogP contribution is 2.43. The molecule has 0 fully saturated rings. The van der Waals surface area contributed by atoms with Crippen molar-refractivity contribution in [1.29, 1.82) is 0 Å². The van der Waals surface area contributed by atoms with Crippen molar-refractivity contribution >= 4 is 17.5 Å². The lowest BCUT2D eigenvalue weighted by Gasteiger charge is -2.34. The summed E-state index contributed by atoms with van der Waals surface area (Å²) >= 11 is 0. The molecule has 164 valence electrons. The fraction of sp³-hybridized carbons (Fsp3) is 0.368. The molecule has 1 unspecified atom stereocenters. The van der Waals surface area contributed by atoms with Gasteiger partial charge in [-0.1, -0.05) is 30.3 Å². The van der Waals surface area contributed by atoms with E-state index in [0.717, 1.165) is 0 Å². The monoisotopic (exact) mass is 437 g/mol. The van der Waals surface area contributed by atoms with Gasteiger partial charge in [-0.3, -0.25) is 0 Å². The van der Waals surface area contributed by atoms with E-state index in [-0.39, 0.29) is 18.8 Å². The largest absolute Gasteiger partial charge is 0.463 e. The van der Waals surface area contributed by atoms with Crippen molar-refractivity contribution in [2.45, 2.75) is 32.2 Å². The molecule has 2 rings (SSSR count). The summed E-state index contributed by atoms with van der Waals surface area (Å²) in [6.45, 7) is 1.97. The van der Waals surface area contributed by atoms with Gasteiger partial charge in [-0.05, 0) is 19.4 Å². The quantitative estimate of drug-likeness (QED) is 0.559. The SMILES string of the molecule is CCOC(=O)C1=C(C(F)(F)F)NC(C(F)(F)F)C(C(=O)OCC)=C1c1ccccc1. The van der Waals surface area contributed by atoms with Crippen LogP contribution in [-0.2, 0) is 19.1 Å². The number of alkyl halides is 6. The van der Waals surface area contributed by atoms with Gasteiger partial charge in [-0.15, -0.1) is 0 Å². The van der Waals surface area contributed by atoms with Crippen molar-refractivity contribution in [2.24, 2.45) is 0 Å². The highest BCUT2D eigenvalue weighted by Gasteiger charge is 2.54. The normalized spacial score (nSPS) is 17.5. The van der Waals surface area contributed by atoms with E-state index in [9.17, 15) is 35.9 Å². The summed E-state index contributed by atoms with van der Waals surface area (Å²) in [7, 11) is 0. The molecule has 0 aromatic heterocycles.